The highest BCUT2D eigenvalue weighted by Crippen LogP contribution is 2.28. The Kier molecular flexibility index (Phi) is 5.89. The van der Waals surface area contributed by atoms with Crippen molar-refractivity contribution in [2.45, 2.75) is 19.3 Å². The van der Waals surface area contributed by atoms with Crippen molar-refractivity contribution < 1.29 is 28.3 Å². The van der Waals surface area contributed by atoms with Crippen LogP contribution in [0, 0.1) is 0 Å². The first-order valence-electron chi connectivity index (χ1n) is 7.48. The lowest BCUT2D eigenvalue weighted by atomic mass is 9.88. The van der Waals surface area contributed by atoms with Crippen molar-refractivity contribution in [1.82, 2.24) is 0 Å². The zero-order valence-corrected chi connectivity index (χ0v) is 13.5. The first-order valence-corrected chi connectivity index (χ1v) is 7.48. The van der Waals surface area contributed by atoms with Gasteiger partial charge in [-0.05, 0) is 36.8 Å². The molecule has 0 spiro atoms. The Balaban J connectivity index is 2.32. The summed E-state index contributed by atoms with van der Waals surface area (Å²) in [7, 11) is 1.51. The maximum Gasteiger partial charge on any atom is 0.374 e. The molecular weight excluding hydrogens is 312 g/mol. The first-order chi connectivity index (χ1) is 11.6. The first kappa shape index (κ1) is 17.5. The van der Waals surface area contributed by atoms with Gasteiger partial charge in [0, 0.05) is 6.42 Å². The van der Waals surface area contributed by atoms with E-state index in [1.54, 1.807) is 37.3 Å². The van der Waals surface area contributed by atoms with Crippen molar-refractivity contribution in [3.63, 3.8) is 0 Å². The monoisotopic (exact) mass is 330 g/mol. The van der Waals surface area contributed by atoms with E-state index >= 15 is 0 Å². The Morgan fingerprint density at radius 1 is 1.17 bits per heavy atom. The van der Waals surface area contributed by atoms with Gasteiger partial charge in [-0.1, -0.05) is 12.1 Å². The number of methoxy groups -OCH3 is 1. The van der Waals surface area contributed by atoms with Crippen molar-refractivity contribution in [3.8, 4) is 5.75 Å². The zero-order valence-electron chi connectivity index (χ0n) is 13.5. The van der Waals surface area contributed by atoms with Crippen LogP contribution in [0.2, 0.25) is 0 Å². The van der Waals surface area contributed by atoms with Gasteiger partial charge in [-0.25, -0.2) is 4.79 Å². The topological polar surface area (TPSA) is 82.8 Å². The van der Waals surface area contributed by atoms with Crippen molar-refractivity contribution >= 4 is 17.5 Å². The number of esters is 1. The molecule has 1 aromatic heterocycles. The van der Waals surface area contributed by atoms with E-state index in [1.807, 2.05) is 0 Å². The summed E-state index contributed by atoms with van der Waals surface area (Å²) in [6, 6.07) is 9.90. The molecule has 0 N–H and O–H groups in total. The summed E-state index contributed by atoms with van der Waals surface area (Å²) in [5.74, 6) is -2.27. The van der Waals surface area contributed by atoms with Crippen LogP contribution in [-0.4, -0.2) is 31.3 Å². The third-order valence-corrected chi connectivity index (χ3v) is 3.47. The largest absolute Gasteiger partial charge is 0.497 e. The third kappa shape index (κ3) is 4.10. The normalized spacial score (nSPS) is 11.6. The van der Waals surface area contributed by atoms with Crippen LogP contribution in [0.3, 0.4) is 0 Å². The standard InChI is InChI=1S/C18H18O6/c1-3-23-18(21)15(19)11-14(17(20)16-8-5-9-24-16)12-6-4-7-13(10-12)22-2/h4-10,14H,3,11H2,1-2H3/t14-/m1/s1. The summed E-state index contributed by atoms with van der Waals surface area (Å²) in [6.07, 6.45) is 1.08. The van der Waals surface area contributed by atoms with Crippen LogP contribution in [0.15, 0.2) is 47.1 Å². The van der Waals surface area contributed by atoms with Crippen LogP contribution in [-0.2, 0) is 14.3 Å². The summed E-state index contributed by atoms with van der Waals surface area (Å²) in [6.45, 7) is 1.71. The molecular formula is C18H18O6. The average molecular weight is 330 g/mol. The predicted molar refractivity (Wildman–Crippen MR) is 85.0 cm³/mol. The molecule has 0 bridgehead atoms. The molecule has 0 unspecified atom stereocenters. The maximum atomic E-state index is 12.7. The number of carbonyl (C=O) groups is 3. The number of hydrogen-bond donors (Lipinski definition) is 0. The highest BCUT2D eigenvalue weighted by Gasteiger charge is 2.30. The lowest BCUT2D eigenvalue weighted by molar-refractivity contribution is -0.153. The van der Waals surface area contributed by atoms with E-state index in [0.717, 1.165) is 0 Å². The minimum atomic E-state index is -0.947. The van der Waals surface area contributed by atoms with Gasteiger partial charge in [0.2, 0.25) is 11.6 Å². The maximum absolute atomic E-state index is 12.7. The van der Waals surface area contributed by atoms with E-state index in [1.165, 1.54) is 19.4 Å². The number of rotatable bonds is 8. The number of ketones is 2. The van der Waals surface area contributed by atoms with Gasteiger partial charge >= 0.3 is 5.97 Å². The molecule has 2 rings (SSSR count). The van der Waals surface area contributed by atoms with Gasteiger partial charge in [0.05, 0.1) is 25.9 Å². The number of carbonyl (C=O) groups excluding carboxylic acids is 3. The van der Waals surface area contributed by atoms with E-state index in [0.29, 0.717) is 11.3 Å². The number of Topliss-reactive ketones (excluding diaryl/α,β-unsaturated/α-hetero) is 2. The van der Waals surface area contributed by atoms with Crippen LogP contribution < -0.4 is 4.74 Å². The molecule has 0 fully saturated rings. The van der Waals surface area contributed by atoms with Crippen LogP contribution in [0.1, 0.15) is 35.4 Å². The Labute approximate surface area is 139 Å². The molecule has 1 heterocycles. The summed E-state index contributed by atoms with van der Waals surface area (Å²) in [4.78, 5) is 36.4. The molecule has 0 saturated carbocycles. The van der Waals surface area contributed by atoms with Crippen LogP contribution in [0.25, 0.3) is 0 Å². The zero-order chi connectivity index (χ0) is 17.5. The van der Waals surface area contributed by atoms with Gasteiger partial charge in [-0.3, -0.25) is 9.59 Å². The fourth-order valence-electron chi connectivity index (χ4n) is 2.29. The molecule has 2 aromatic rings. The predicted octanol–water partition coefficient (Wildman–Crippen LogP) is 2.78. The molecule has 0 saturated heterocycles. The Hall–Kier alpha value is -2.89. The highest BCUT2D eigenvalue weighted by molar-refractivity contribution is 6.34. The van der Waals surface area contributed by atoms with E-state index in [-0.39, 0.29) is 24.6 Å². The Bertz CT molecular complexity index is 717. The number of hydrogen-bond acceptors (Lipinski definition) is 6. The van der Waals surface area contributed by atoms with Gasteiger partial charge < -0.3 is 13.9 Å². The van der Waals surface area contributed by atoms with E-state index in [2.05, 4.69) is 0 Å². The minimum Gasteiger partial charge on any atom is -0.497 e. The van der Waals surface area contributed by atoms with Crippen molar-refractivity contribution in [2.75, 3.05) is 13.7 Å². The summed E-state index contributed by atoms with van der Waals surface area (Å²) in [5.41, 5.74) is 0.563. The SMILES string of the molecule is CCOC(=O)C(=O)C[C@@H](C(=O)c1ccco1)c1cccc(OC)c1. The number of ether oxygens (including phenoxy) is 2. The highest BCUT2D eigenvalue weighted by atomic mass is 16.5. The van der Waals surface area contributed by atoms with Crippen LogP contribution in [0.4, 0.5) is 0 Å². The summed E-state index contributed by atoms with van der Waals surface area (Å²) < 4.78 is 15.0. The fraction of sp³-hybridized carbons (Fsp3) is 0.278. The summed E-state index contributed by atoms with van der Waals surface area (Å²) in [5, 5.41) is 0. The van der Waals surface area contributed by atoms with E-state index < -0.39 is 17.7 Å². The van der Waals surface area contributed by atoms with Gasteiger partial charge in [-0.15, -0.1) is 0 Å². The van der Waals surface area contributed by atoms with Crippen LogP contribution >= 0.6 is 0 Å². The number of benzene rings is 1. The Morgan fingerprint density at radius 3 is 2.58 bits per heavy atom. The van der Waals surface area contributed by atoms with Crippen molar-refractivity contribution in [2.24, 2.45) is 0 Å². The smallest absolute Gasteiger partial charge is 0.374 e. The molecule has 0 aliphatic rings. The molecule has 1 atom stereocenters. The second-order valence-corrected chi connectivity index (χ2v) is 5.02. The van der Waals surface area contributed by atoms with E-state index in [4.69, 9.17) is 13.9 Å². The van der Waals surface area contributed by atoms with Gasteiger partial charge in [0.1, 0.15) is 5.75 Å². The molecule has 0 radical (unpaired) electrons. The third-order valence-electron chi connectivity index (χ3n) is 3.47. The lowest BCUT2D eigenvalue weighted by Gasteiger charge is -2.15. The molecule has 126 valence electrons. The van der Waals surface area contributed by atoms with Crippen molar-refractivity contribution in [3.05, 3.63) is 54.0 Å². The Morgan fingerprint density at radius 2 is 1.96 bits per heavy atom. The average Bonchev–Trinajstić information content (AvgIpc) is 3.13. The quantitative estimate of drug-likeness (QED) is 0.420. The lowest BCUT2D eigenvalue weighted by Crippen LogP contribution is -2.23. The molecule has 6 nitrogen and oxygen atoms in total. The molecule has 0 amide bonds. The van der Waals surface area contributed by atoms with Gasteiger partial charge in [0.25, 0.3) is 0 Å². The van der Waals surface area contributed by atoms with Crippen molar-refractivity contribution in [1.29, 1.82) is 0 Å². The van der Waals surface area contributed by atoms with Gasteiger partial charge in [-0.2, -0.15) is 0 Å². The van der Waals surface area contributed by atoms with E-state index in [9.17, 15) is 14.4 Å². The molecule has 24 heavy (non-hydrogen) atoms. The fourth-order valence-corrected chi connectivity index (χ4v) is 2.29. The second kappa shape index (κ2) is 8.10. The molecule has 0 aliphatic heterocycles. The molecule has 6 heteroatoms. The van der Waals surface area contributed by atoms with Gasteiger partial charge in [0.15, 0.2) is 5.76 Å². The summed E-state index contributed by atoms with van der Waals surface area (Å²) >= 11 is 0. The molecule has 1 aromatic carbocycles. The van der Waals surface area contributed by atoms with Crippen LogP contribution in [0.5, 0.6) is 5.75 Å². The second-order valence-electron chi connectivity index (χ2n) is 5.02. The number of furan rings is 1. The minimum absolute atomic E-state index is 0.0977. The molecule has 0 aliphatic carbocycles.